The van der Waals surface area contributed by atoms with Gasteiger partial charge >= 0.3 is 0 Å². The Balaban J connectivity index is 1.41. The summed E-state index contributed by atoms with van der Waals surface area (Å²) in [6, 6.07) is 6.07. The minimum absolute atomic E-state index is 0.00175. The fourth-order valence-corrected chi connectivity index (χ4v) is 4.45. The zero-order valence-electron chi connectivity index (χ0n) is 17.7. The Hall–Kier alpha value is -3.23. The van der Waals surface area contributed by atoms with E-state index in [1.54, 1.807) is 30.1 Å². The molecule has 0 N–H and O–H groups in total. The van der Waals surface area contributed by atoms with E-state index in [1.165, 1.54) is 12.1 Å². The van der Waals surface area contributed by atoms with Crippen molar-refractivity contribution in [2.45, 2.75) is 32.1 Å². The first-order valence-electron chi connectivity index (χ1n) is 10.8. The minimum atomic E-state index is -0.452. The molecule has 9 heteroatoms. The van der Waals surface area contributed by atoms with Crippen LogP contribution in [-0.2, 0) is 11.8 Å². The van der Waals surface area contributed by atoms with E-state index in [1.807, 2.05) is 9.80 Å². The van der Waals surface area contributed by atoms with Crippen LogP contribution in [0.5, 0.6) is 0 Å². The van der Waals surface area contributed by atoms with Gasteiger partial charge in [-0.1, -0.05) is 0 Å². The molecule has 0 atom stereocenters. The number of benzene rings is 1. The third-order valence-electron chi connectivity index (χ3n) is 6.23. The number of nitro benzene ring substituents is 1. The third-order valence-corrected chi connectivity index (χ3v) is 6.23. The van der Waals surface area contributed by atoms with Gasteiger partial charge in [0.05, 0.1) is 10.5 Å². The van der Waals surface area contributed by atoms with Crippen molar-refractivity contribution in [1.29, 1.82) is 0 Å². The van der Waals surface area contributed by atoms with Gasteiger partial charge in [0.1, 0.15) is 5.69 Å². The van der Waals surface area contributed by atoms with Gasteiger partial charge in [0.15, 0.2) is 0 Å². The van der Waals surface area contributed by atoms with Crippen LogP contribution in [0.2, 0.25) is 0 Å². The first-order valence-corrected chi connectivity index (χ1v) is 10.8. The summed E-state index contributed by atoms with van der Waals surface area (Å²) < 4.78 is 1.59. The monoisotopic (exact) mass is 425 g/mol. The summed E-state index contributed by atoms with van der Waals surface area (Å²) in [6.45, 7) is 2.99. The molecule has 1 aromatic heterocycles. The lowest BCUT2D eigenvalue weighted by molar-refractivity contribution is -0.384. The number of carbonyl (C=O) groups excluding carboxylic acids is 2. The molecule has 2 saturated heterocycles. The van der Waals surface area contributed by atoms with Crippen LogP contribution in [0.4, 0.5) is 5.69 Å². The van der Waals surface area contributed by atoms with E-state index in [-0.39, 0.29) is 17.5 Å². The second-order valence-electron chi connectivity index (χ2n) is 8.40. The van der Waals surface area contributed by atoms with Gasteiger partial charge in [0, 0.05) is 63.5 Å². The molecule has 31 heavy (non-hydrogen) atoms. The van der Waals surface area contributed by atoms with Crippen LogP contribution < -0.4 is 0 Å². The summed E-state index contributed by atoms with van der Waals surface area (Å²) in [4.78, 5) is 39.9. The molecule has 0 unspecified atom stereocenters. The molecule has 0 radical (unpaired) electrons. The van der Waals surface area contributed by atoms with Gasteiger partial charge in [-0.05, 0) is 43.7 Å². The second-order valence-corrected chi connectivity index (χ2v) is 8.40. The Labute approximate surface area is 180 Å². The number of amides is 2. The molecule has 2 aliphatic heterocycles. The van der Waals surface area contributed by atoms with Crippen LogP contribution in [0.25, 0.3) is 11.3 Å². The highest BCUT2D eigenvalue weighted by atomic mass is 16.6. The number of non-ortho nitro benzene ring substituents is 1. The SMILES string of the molecule is Cn1cc(C(=O)N2CCC(CC(=O)N3CCCC3)CC2)c(-c2ccc([N+](=O)[O-])cc2)n1. The second kappa shape index (κ2) is 8.87. The number of carbonyl (C=O) groups is 2. The van der Waals surface area contributed by atoms with E-state index in [0.717, 1.165) is 38.8 Å². The number of hydrogen-bond acceptors (Lipinski definition) is 5. The van der Waals surface area contributed by atoms with Crippen molar-refractivity contribution in [2.75, 3.05) is 26.2 Å². The Bertz CT molecular complexity index is 970. The minimum Gasteiger partial charge on any atom is -0.343 e. The van der Waals surface area contributed by atoms with E-state index in [2.05, 4.69) is 5.10 Å². The van der Waals surface area contributed by atoms with Crippen molar-refractivity contribution in [3.05, 3.63) is 46.1 Å². The number of piperidine rings is 1. The Morgan fingerprint density at radius 1 is 1.06 bits per heavy atom. The average molecular weight is 425 g/mol. The molecule has 2 aliphatic rings. The number of nitro groups is 1. The molecule has 0 aliphatic carbocycles. The van der Waals surface area contributed by atoms with E-state index in [9.17, 15) is 19.7 Å². The molecule has 0 saturated carbocycles. The summed E-state index contributed by atoms with van der Waals surface area (Å²) in [5.41, 5.74) is 1.68. The molecule has 1 aromatic carbocycles. The van der Waals surface area contributed by atoms with Crippen molar-refractivity contribution in [3.8, 4) is 11.3 Å². The van der Waals surface area contributed by atoms with Gasteiger partial charge in [0.2, 0.25) is 5.91 Å². The molecule has 4 rings (SSSR count). The van der Waals surface area contributed by atoms with Gasteiger partial charge in [-0.2, -0.15) is 5.10 Å². The molecule has 2 amide bonds. The summed E-state index contributed by atoms with van der Waals surface area (Å²) in [5, 5.41) is 15.3. The lowest BCUT2D eigenvalue weighted by atomic mass is 9.92. The zero-order chi connectivity index (χ0) is 22.0. The quantitative estimate of drug-likeness (QED) is 0.541. The molecule has 3 heterocycles. The van der Waals surface area contributed by atoms with Crippen LogP contribution in [-0.4, -0.2) is 62.5 Å². The van der Waals surface area contributed by atoms with Crippen LogP contribution >= 0.6 is 0 Å². The van der Waals surface area contributed by atoms with Gasteiger partial charge in [-0.15, -0.1) is 0 Å². The first kappa shape index (κ1) is 21.0. The zero-order valence-corrected chi connectivity index (χ0v) is 17.7. The first-order chi connectivity index (χ1) is 14.9. The van der Waals surface area contributed by atoms with Crippen molar-refractivity contribution < 1.29 is 14.5 Å². The lowest BCUT2D eigenvalue weighted by Gasteiger charge is -2.32. The van der Waals surface area contributed by atoms with Gasteiger partial charge in [-0.25, -0.2) is 0 Å². The standard InChI is InChI=1S/C22H27N5O4/c1-24-15-19(21(23-24)17-4-6-18(7-5-17)27(30)31)22(29)26-12-8-16(9-13-26)14-20(28)25-10-2-3-11-25/h4-7,15-16H,2-3,8-14H2,1H3. The Morgan fingerprint density at radius 3 is 2.32 bits per heavy atom. The highest BCUT2D eigenvalue weighted by Gasteiger charge is 2.29. The van der Waals surface area contributed by atoms with Gasteiger partial charge < -0.3 is 9.80 Å². The average Bonchev–Trinajstić information content (AvgIpc) is 3.44. The number of nitrogens with zero attached hydrogens (tertiary/aromatic N) is 5. The largest absolute Gasteiger partial charge is 0.343 e. The van der Waals surface area contributed by atoms with E-state index >= 15 is 0 Å². The number of aryl methyl sites for hydroxylation is 1. The van der Waals surface area contributed by atoms with Crippen molar-refractivity contribution in [3.63, 3.8) is 0 Å². The van der Waals surface area contributed by atoms with Crippen molar-refractivity contribution >= 4 is 17.5 Å². The molecular weight excluding hydrogens is 398 g/mol. The maximum atomic E-state index is 13.2. The predicted octanol–water partition coefficient (Wildman–Crippen LogP) is 2.86. The highest BCUT2D eigenvalue weighted by molar-refractivity contribution is 6.00. The number of likely N-dealkylation sites (tertiary alicyclic amines) is 2. The van der Waals surface area contributed by atoms with E-state index in [0.29, 0.717) is 42.2 Å². The normalized spacial score (nSPS) is 17.2. The Kier molecular flexibility index (Phi) is 6.01. The highest BCUT2D eigenvalue weighted by Crippen LogP contribution is 2.28. The Morgan fingerprint density at radius 2 is 1.71 bits per heavy atom. The molecule has 9 nitrogen and oxygen atoms in total. The predicted molar refractivity (Wildman–Crippen MR) is 114 cm³/mol. The summed E-state index contributed by atoms with van der Waals surface area (Å²) in [6.07, 6.45) is 6.10. The third kappa shape index (κ3) is 4.60. The molecule has 2 aromatic rings. The fourth-order valence-electron chi connectivity index (χ4n) is 4.45. The maximum Gasteiger partial charge on any atom is 0.269 e. The lowest BCUT2D eigenvalue weighted by Crippen LogP contribution is -2.40. The molecule has 0 bridgehead atoms. The van der Waals surface area contributed by atoms with Gasteiger partial charge in [0.25, 0.3) is 11.6 Å². The summed E-state index contributed by atoms with van der Waals surface area (Å²) in [5.74, 6) is 0.473. The number of hydrogen-bond donors (Lipinski definition) is 0. The van der Waals surface area contributed by atoms with Gasteiger partial charge in [-0.3, -0.25) is 24.4 Å². The number of rotatable bonds is 5. The smallest absolute Gasteiger partial charge is 0.269 e. The fraction of sp³-hybridized carbons (Fsp3) is 0.500. The summed E-state index contributed by atoms with van der Waals surface area (Å²) >= 11 is 0. The summed E-state index contributed by atoms with van der Waals surface area (Å²) in [7, 11) is 1.75. The van der Waals surface area contributed by atoms with Crippen LogP contribution in [0.15, 0.2) is 30.5 Å². The maximum absolute atomic E-state index is 13.2. The molecular formula is C22H27N5O4. The van der Waals surface area contributed by atoms with Crippen LogP contribution in [0, 0.1) is 16.0 Å². The molecule has 2 fully saturated rings. The topological polar surface area (TPSA) is 102 Å². The van der Waals surface area contributed by atoms with E-state index < -0.39 is 4.92 Å². The van der Waals surface area contributed by atoms with Crippen LogP contribution in [0.3, 0.4) is 0 Å². The number of aromatic nitrogens is 2. The van der Waals surface area contributed by atoms with Crippen molar-refractivity contribution in [2.24, 2.45) is 13.0 Å². The molecule has 164 valence electrons. The van der Waals surface area contributed by atoms with Crippen molar-refractivity contribution in [1.82, 2.24) is 19.6 Å². The molecule has 0 spiro atoms. The van der Waals surface area contributed by atoms with Crippen LogP contribution in [0.1, 0.15) is 42.5 Å². The van der Waals surface area contributed by atoms with E-state index in [4.69, 9.17) is 0 Å².